The lowest BCUT2D eigenvalue weighted by atomic mass is 10.2. The summed E-state index contributed by atoms with van der Waals surface area (Å²) in [5, 5.41) is 19.5. The first-order chi connectivity index (χ1) is 13.1. The molecular weight excluding hydrogens is 370 g/mol. The summed E-state index contributed by atoms with van der Waals surface area (Å²) in [6.45, 7) is 0.131. The third-order valence-corrected chi connectivity index (χ3v) is 4.09. The number of nitrogens with zero attached hydrogens (tertiary/aromatic N) is 2. The predicted molar refractivity (Wildman–Crippen MR) is 97.8 cm³/mol. The SMILES string of the molecule is O=C(CSc1nnc(COc2ccccc2)o1)Nc1cccc(C(=O)O)c1. The molecule has 0 unspecified atom stereocenters. The number of aromatic carboxylic acids is 1. The van der Waals surface area contributed by atoms with Crippen molar-refractivity contribution >= 4 is 29.3 Å². The van der Waals surface area contributed by atoms with E-state index in [9.17, 15) is 9.59 Å². The van der Waals surface area contributed by atoms with Crippen molar-refractivity contribution in [1.29, 1.82) is 0 Å². The highest BCUT2D eigenvalue weighted by Crippen LogP contribution is 2.18. The van der Waals surface area contributed by atoms with Crippen molar-refractivity contribution in [3.8, 4) is 5.75 Å². The predicted octanol–water partition coefficient (Wildman–Crippen LogP) is 3.08. The van der Waals surface area contributed by atoms with E-state index in [0.29, 0.717) is 17.3 Å². The van der Waals surface area contributed by atoms with E-state index in [4.69, 9.17) is 14.3 Å². The van der Waals surface area contributed by atoms with Crippen LogP contribution in [0, 0.1) is 0 Å². The highest BCUT2D eigenvalue weighted by molar-refractivity contribution is 7.99. The van der Waals surface area contributed by atoms with Crippen LogP contribution in [0.1, 0.15) is 16.2 Å². The minimum Gasteiger partial charge on any atom is -0.484 e. The Morgan fingerprint density at radius 1 is 1.11 bits per heavy atom. The summed E-state index contributed by atoms with van der Waals surface area (Å²) in [4.78, 5) is 22.9. The second-order valence-electron chi connectivity index (χ2n) is 5.29. The number of carboxylic acid groups (broad SMARTS) is 1. The van der Waals surface area contributed by atoms with Gasteiger partial charge in [-0.2, -0.15) is 0 Å². The maximum absolute atomic E-state index is 12.0. The molecule has 1 aromatic heterocycles. The fraction of sp³-hybridized carbons (Fsp3) is 0.111. The molecule has 0 bridgehead atoms. The van der Waals surface area contributed by atoms with Gasteiger partial charge in [-0.15, -0.1) is 10.2 Å². The van der Waals surface area contributed by atoms with Gasteiger partial charge < -0.3 is 19.6 Å². The zero-order chi connectivity index (χ0) is 19.1. The number of benzene rings is 2. The summed E-state index contributed by atoms with van der Waals surface area (Å²) in [6.07, 6.45) is 0. The number of aromatic nitrogens is 2. The lowest BCUT2D eigenvalue weighted by Gasteiger charge is -2.04. The largest absolute Gasteiger partial charge is 0.484 e. The summed E-state index contributed by atoms with van der Waals surface area (Å²) >= 11 is 1.08. The van der Waals surface area contributed by atoms with Gasteiger partial charge in [0.25, 0.3) is 11.1 Å². The van der Waals surface area contributed by atoms with Crippen molar-refractivity contribution in [3.05, 3.63) is 66.1 Å². The Bertz CT molecular complexity index is 930. The van der Waals surface area contributed by atoms with E-state index in [1.807, 2.05) is 30.3 Å². The molecule has 8 nitrogen and oxygen atoms in total. The Labute approximate surface area is 158 Å². The molecule has 0 aliphatic rings. The van der Waals surface area contributed by atoms with Gasteiger partial charge >= 0.3 is 5.97 Å². The van der Waals surface area contributed by atoms with Gasteiger partial charge in [0.1, 0.15) is 5.75 Å². The van der Waals surface area contributed by atoms with Gasteiger partial charge in [0.05, 0.1) is 11.3 Å². The van der Waals surface area contributed by atoms with E-state index >= 15 is 0 Å². The van der Waals surface area contributed by atoms with E-state index in [1.165, 1.54) is 12.1 Å². The van der Waals surface area contributed by atoms with Crippen molar-refractivity contribution in [1.82, 2.24) is 10.2 Å². The lowest BCUT2D eigenvalue weighted by molar-refractivity contribution is -0.113. The molecule has 0 spiro atoms. The Hall–Kier alpha value is -3.33. The van der Waals surface area contributed by atoms with Crippen molar-refractivity contribution in [2.24, 2.45) is 0 Å². The average Bonchev–Trinajstić information content (AvgIpc) is 3.14. The summed E-state index contributed by atoms with van der Waals surface area (Å²) in [5.41, 5.74) is 0.503. The van der Waals surface area contributed by atoms with Gasteiger partial charge in [-0.05, 0) is 30.3 Å². The standard InChI is InChI=1S/C18H15N3O5S/c22-15(19-13-6-4-5-12(9-13)17(23)24)11-27-18-21-20-16(26-18)10-25-14-7-2-1-3-8-14/h1-9H,10-11H2,(H,19,22)(H,23,24). The summed E-state index contributed by atoms with van der Waals surface area (Å²) < 4.78 is 10.9. The number of ether oxygens (including phenoxy) is 1. The number of anilines is 1. The summed E-state index contributed by atoms with van der Waals surface area (Å²) in [6, 6.07) is 15.2. The first kappa shape index (κ1) is 18.5. The molecule has 2 N–H and O–H groups in total. The maximum atomic E-state index is 12.0. The maximum Gasteiger partial charge on any atom is 0.335 e. The number of amides is 1. The van der Waals surface area contributed by atoms with Gasteiger partial charge in [0.15, 0.2) is 6.61 Å². The monoisotopic (exact) mass is 385 g/mol. The Kier molecular flexibility index (Phi) is 6.06. The fourth-order valence-corrected chi connectivity index (χ4v) is 2.65. The second kappa shape index (κ2) is 8.86. The van der Waals surface area contributed by atoms with E-state index in [2.05, 4.69) is 15.5 Å². The molecule has 3 aromatic rings. The number of carboxylic acids is 1. The van der Waals surface area contributed by atoms with Crippen LogP contribution in [0.2, 0.25) is 0 Å². The van der Waals surface area contributed by atoms with Gasteiger partial charge in [0.2, 0.25) is 5.91 Å². The van der Waals surface area contributed by atoms with Crippen LogP contribution in [-0.4, -0.2) is 32.9 Å². The zero-order valence-electron chi connectivity index (χ0n) is 14.0. The number of para-hydroxylation sites is 1. The number of thioether (sulfide) groups is 1. The third-order valence-electron chi connectivity index (χ3n) is 3.27. The van der Waals surface area contributed by atoms with E-state index in [0.717, 1.165) is 11.8 Å². The Morgan fingerprint density at radius 3 is 2.70 bits per heavy atom. The Balaban J connectivity index is 1.47. The molecule has 0 saturated heterocycles. The number of nitrogens with one attached hydrogen (secondary N) is 1. The van der Waals surface area contributed by atoms with Crippen LogP contribution in [-0.2, 0) is 11.4 Å². The fourth-order valence-electron chi connectivity index (χ4n) is 2.07. The summed E-state index contributed by atoms with van der Waals surface area (Å²) in [5.74, 6) is -0.346. The van der Waals surface area contributed by atoms with Gasteiger partial charge in [-0.25, -0.2) is 4.79 Å². The lowest BCUT2D eigenvalue weighted by Crippen LogP contribution is -2.14. The van der Waals surface area contributed by atoms with E-state index in [1.54, 1.807) is 12.1 Å². The van der Waals surface area contributed by atoms with Crippen LogP contribution in [0.5, 0.6) is 5.75 Å². The topological polar surface area (TPSA) is 115 Å². The highest BCUT2D eigenvalue weighted by Gasteiger charge is 2.11. The molecule has 9 heteroatoms. The molecule has 1 amide bonds. The smallest absolute Gasteiger partial charge is 0.335 e. The van der Waals surface area contributed by atoms with Crippen LogP contribution in [0.25, 0.3) is 0 Å². The van der Waals surface area contributed by atoms with Gasteiger partial charge in [0, 0.05) is 5.69 Å². The van der Waals surface area contributed by atoms with Crippen molar-refractivity contribution < 1.29 is 23.8 Å². The molecule has 0 saturated carbocycles. The van der Waals surface area contributed by atoms with Crippen LogP contribution in [0.15, 0.2) is 64.2 Å². The van der Waals surface area contributed by atoms with Gasteiger partial charge in [-0.1, -0.05) is 36.0 Å². The first-order valence-corrected chi connectivity index (χ1v) is 8.85. The van der Waals surface area contributed by atoms with Crippen LogP contribution >= 0.6 is 11.8 Å². The molecule has 0 radical (unpaired) electrons. The van der Waals surface area contributed by atoms with Gasteiger partial charge in [-0.3, -0.25) is 4.79 Å². The minimum atomic E-state index is -1.06. The van der Waals surface area contributed by atoms with Crippen molar-refractivity contribution in [3.63, 3.8) is 0 Å². The number of carbonyl (C=O) groups excluding carboxylic acids is 1. The van der Waals surface area contributed by atoms with Crippen LogP contribution < -0.4 is 10.1 Å². The van der Waals surface area contributed by atoms with E-state index in [-0.39, 0.29) is 29.1 Å². The number of hydrogen-bond acceptors (Lipinski definition) is 7. The number of hydrogen-bond donors (Lipinski definition) is 2. The van der Waals surface area contributed by atoms with Crippen LogP contribution in [0.3, 0.4) is 0 Å². The quantitative estimate of drug-likeness (QED) is 0.569. The van der Waals surface area contributed by atoms with Crippen molar-refractivity contribution in [2.75, 3.05) is 11.1 Å². The molecule has 138 valence electrons. The van der Waals surface area contributed by atoms with Crippen LogP contribution in [0.4, 0.5) is 5.69 Å². The number of carbonyl (C=O) groups is 2. The molecule has 3 rings (SSSR count). The molecule has 27 heavy (non-hydrogen) atoms. The number of rotatable bonds is 8. The molecule has 0 fully saturated rings. The Morgan fingerprint density at radius 2 is 1.93 bits per heavy atom. The van der Waals surface area contributed by atoms with Crippen molar-refractivity contribution in [2.45, 2.75) is 11.8 Å². The highest BCUT2D eigenvalue weighted by atomic mass is 32.2. The normalized spacial score (nSPS) is 10.4. The molecule has 0 atom stereocenters. The molecular formula is C18H15N3O5S. The molecule has 1 heterocycles. The zero-order valence-corrected chi connectivity index (χ0v) is 14.8. The third kappa shape index (κ3) is 5.58. The molecule has 2 aromatic carbocycles. The minimum absolute atomic E-state index is 0.0402. The second-order valence-corrected chi connectivity index (χ2v) is 6.21. The van der Waals surface area contributed by atoms with E-state index < -0.39 is 5.97 Å². The molecule has 0 aliphatic carbocycles. The summed E-state index contributed by atoms with van der Waals surface area (Å²) in [7, 11) is 0. The average molecular weight is 385 g/mol. The first-order valence-electron chi connectivity index (χ1n) is 7.86. The molecule has 0 aliphatic heterocycles.